The number of nitrogens with one attached hydrogen (secondary N) is 1. The average molecular weight is 365 g/mol. The lowest BCUT2D eigenvalue weighted by Crippen LogP contribution is -2.04. The molecule has 0 unspecified atom stereocenters. The molecule has 0 aliphatic rings. The molecule has 25 heavy (non-hydrogen) atoms. The number of anilines is 1. The number of rotatable bonds is 6. The monoisotopic (exact) mass is 364 g/mol. The largest absolute Gasteiger partial charge is 0.496 e. The lowest BCUT2D eigenvalue weighted by atomic mass is 10.1. The maximum Gasteiger partial charge on any atom is 0.301 e. The maximum absolute atomic E-state index is 11.1. The summed E-state index contributed by atoms with van der Waals surface area (Å²) in [5, 5.41) is 26.4. The van der Waals surface area contributed by atoms with Crippen molar-refractivity contribution in [1.82, 2.24) is 0 Å². The molecule has 0 heterocycles. The second-order valence-electron chi connectivity index (χ2n) is 4.87. The van der Waals surface area contributed by atoms with E-state index in [-0.39, 0.29) is 11.4 Å². The van der Waals surface area contributed by atoms with Gasteiger partial charge in [-0.05, 0) is 31.2 Å². The summed E-state index contributed by atoms with van der Waals surface area (Å²) >= 11 is 5.96. The van der Waals surface area contributed by atoms with Gasteiger partial charge in [-0.15, -0.1) is 0 Å². The van der Waals surface area contributed by atoms with Gasteiger partial charge in [-0.3, -0.25) is 25.7 Å². The summed E-state index contributed by atoms with van der Waals surface area (Å²) in [5.41, 5.74) is 2.81. The second-order valence-corrected chi connectivity index (χ2v) is 5.31. The first-order valence-corrected chi connectivity index (χ1v) is 7.28. The second kappa shape index (κ2) is 7.58. The SMILES string of the molecule is COc1ccc(Cl)cc1/C(C)=N\Nc1ccc([N+](=O)[O-])cc1[N+](=O)[O-]. The molecule has 0 aromatic heterocycles. The van der Waals surface area contributed by atoms with Crippen LogP contribution in [0.4, 0.5) is 17.1 Å². The van der Waals surface area contributed by atoms with Crippen LogP contribution in [0, 0.1) is 20.2 Å². The third-order valence-electron chi connectivity index (χ3n) is 3.28. The van der Waals surface area contributed by atoms with Gasteiger partial charge in [-0.25, -0.2) is 0 Å². The molecule has 10 heteroatoms. The fraction of sp³-hybridized carbons (Fsp3) is 0.133. The van der Waals surface area contributed by atoms with E-state index < -0.39 is 15.5 Å². The van der Waals surface area contributed by atoms with Gasteiger partial charge in [0.05, 0.1) is 28.7 Å². The Morgan fingerprint density at radius 1 is 1.16 bits per heavy atom. The fourth-order valence-corrected chi connectivity index (χ4v) is 2.22. The van der Waals surface area contributed by atoms with E-state index in [1.807, 2.05) is 0 Å². The molecule has 9 nitrogen and oxygen atoms in total. The van der Waals surface area contributed by atoms with Gasteiger partial charge in [0.25, 0.3) is 5.69 Å². The average Bonchev–Trinajstić information content (AvgIpc) is 2.59. The van der Waals surface area contributed by atoms with Crippen LogP contribution < -0.4 is 10.2 Å². The number of hydrogen-bond acceptors (Lipinski definition) is 7. The number of benzene rings is 2. The predicted octanol–water partition coefficient (Wildman–Crippen LogP) is 4.00. The van der Waals surface area contributed by atoms with Crippen molar-refractivity contribution in [2.75, 3.05) is 12.5 Å². The summed E-state index contributed by atoms with van der Waals surface area (Å²) in [6, 6.07) is 8.22. The van der Waals surface area contributed by atoms with Crippen LogP contribution in [-0.4, -0.2) is 22.7 Å². The highest BCUT2D eigenvalue weighted by atomic mass is 35.5. The van der Waals surface area contributed by atoms with Gasteiger partial charge in [-0.1, -0.05) is 11.6 Å². The van der Waals surface area contributed by atoms with E-state index in [9.17, 15) is 20.2 Å². The normalized spacial score (nSPS) is 11.1. The van der Waals surface area contributed by atoms with Crippen LogP contribution in [0.1, 0.15) is 12.5 Å². The van der Waals surface area contributed by atoms with Crippen molar-refractivity contribution in [3.05, 3.63) is 67.2 Å². The Labute approximate surface area is 147 Å². The number of nitrogens with zero attached hydrogens (tertiary/aromatic N) is 3. The Morgan fingerprint density at radius 2 is 1.88 bits per heavy atom. The summed E-state index contributed by atoms with van der Waals surface area (Å²) < 4.78 is 5.23. The molecule has 0 aliphatic heterocycles. The van der Waals surface area contributed by atoms with Crippen molar-refractivity contribution in [3.63, 3.8) is 0 Å². The molecule has 0 spiro atoms. The van der Waals surface area contributed by atoms with Crippen molar-refractivity contribution in [1.29, 1.82) is 0 Å². The van der Waals surface area contributed by atoms with E-state index in [0.717, 1.165) is 12.1 Å². The number of hydrazone groups is 1. The summed E-state index contributed by atoms with van der Waals surface area (Å²) in [4.78, 5) is 20.4. The van der Waals surface area contributed by atoms with Crippen LogP contribution in [0.5, 0.6) is 5.75 Å². The number of methoxy groups -OCH3 is 1. The van der Waals surface area contributed by atoms with Crippen molar-refractivity contribution in [2.24, 2.45) is 5.10 Å². The van der Waals surface area contributed by atoms with Gasteiger partial charge in [0, 0.05) is 16.7 Å². The van der Waals surface area contributed by atoms with Gasteiger partial charge in [0.15, 0.2) is 0 Å². The quantitative estimate of drug-likeness (QED) is 0.470. The molecule has 0 fully saturated rings. The minimum atomic E-state index is -0.722. The van der Waals surface area contributed by atoms with Crippen LogP contribution in [-0.2, 0) is 0 Å². The van der Waals surface area contributed by atoms with Crippen LogP contribution in [0.15, 0.2) is 41.5 Å². The minimum absolute atomic E-state index is 0.0240. The Morgan fingerprint density at radius 3 is 2.48 bits per heavy atom. The van der Waals surface area contributed by atoms with Gasteiger partial charge in [0.1, 0.15) is 11.4 Å². The Kier molecular flexibility index (Phi) is 5.50. The molecule has 130 valence electrons. The van der Waals surface area contributed by atoms with E-state index in [4.69, 9.17) is 16.3 Å². The number of nitro groups is 2. The molecule has 0 saturated carbocycles. The molecule has 2 aromatic rings. The highest BCUT2D eigenvalue weighted by Gasteiger charge is 2.19. The lowest BCUT2D eigenvalue weighted by Gasteiger charge is -2.09. The van der Waals surface area contributed by atoms with Crippen LogP contribution >= 0.6 is 11.6 Å². The number of nitro benzene ring substituents is 2. The van der Waals surface area contributed by atoms with Crippen molar-refractivity contribution >= 4 is 34.4 Å². The van der Waals surface area contributed by atoms with Gasteiger partial charge in [-0.2, -0.15) is 5.10 Å². The third-order valence-corrected chi connectivity index (χ3v) is 3.52. The molecule has 1 N–H and O–H groups in total. The molecular formula is C15H13ClN4O5. The van der Waals surface area contributed by atoms with E-state index in [0.29, 0.717) is 22.0 Å². The van der Waals surface area contributed by atoms with Gasteiger partial charge < -0.3 is 4.74 Å². The van der Waals surface area contributed by atoms with E-state index in [1.165, 1.54) is 13.2 Å². The topological polar surface area (TPSA) is 120 Å². The Balaban J connectivity index is 2.37. The molecule has 0 atom stereocenters. The maximum atomic E-state index is 11.1. The standard InChI is InChI=1S/C15H13ClN4O5/c1-9(12-7-10(16)3-6-15(12)25-2)17-18-13-5-4-11(19(21)22)8-14(13)20(23)24/h3-8,18H,1-2H3/b17-9-. The molecule has 0 amide bonds. The van der Waals surface area contributed by atoms with E-state index in [1.54, 1.807) is 25.1 Å². The van der Waals surface area contributed by atoms with Crippen LogP contribution in [0.3, 0.4) is 0 Å². The fourth-order valence-electron chi connectivity index (χ4n) is 2.05. The van der Waals surface area contributed by atoms with Crippen molar-refractivity contribution in [2.45, 2.75) is 6.92 Å². The predicted molar refractivity (Wildman–Crippen MR) is 93.6 cm³/mol. The van der Waals surface area contributed by atoms with Crippen molar-refractivity contribution < 1.29 is 14.6 Å². The zero-order valence-electron chi connectivity index (χ0n) is 13.2. The summed E-state index contributed by atoms with van der Waals surface area (Å²) in [7, 11) is 1.49. The molecule has 2 aromatic carbocycles. The minimum Gasteiger partial charge on any atom is -0.496 e. The van der Waals surface area contributed by atoms with Crippen LogP contribution in [0.2, 0.25) is 5.02 Å². The Hall–Kier alpha value is -3.20. The van der Waals surface area contributed by atoms with E-state index >= 15 is 0 Å². The number of hydrogen-bond donors (Lipinski definition) is 1. The first kappa shape index (κ1) is 18.1. The third kappa shape index (κ3) is 4.21. The van der Waals surface area contributed by atoms with Gasteiger partial charge >= 0.3 is 5.69 Å². The van der Waals surface area contributed by atoms with E-state index in [2.05, 4.69) is 10.5 Å². The molecule has 2 rings (SSSR count). The number of halogens is 1. The first-order chi connectivity index (χ1) is 11.8. The zero-order chi connectivity index (χ0) is 18.6. The zero-order valence-corrected chi connectivity index (χ0v) is 14.0. The highest BCUT2D eigenvalue weighted by Crippen LogP contribution is 2.29. The molecule has 0 saturated heterocycles. The smallest absolute Gasteiger partial charge is 0.301 e. The van der Waals surface area contributed by atoms with Crippen LogP contribution in [0.25, 0.3) is 0 Å². The lowest BCUT2D eigenvalue weighted by molar-refractivity contribution is -0.393. The number of ether oxygens (including phenoxy) is 1. The summed E-state index contributed by atoms with van der Waals surface area (Å²) in [6.45, 7) is 1.67. The molecule has 0 bridgehead atoms. The first-order valence-electron chi connectivity index (χ1n) is 6.90. The molecule has 0 aliphatic carbocycles. The van der Waals surface area contributed by atoms with Crippen molar-refractivity contribution in [3.8, 4) is 5.75 Å². The summed E-state index contributed by atoms with van der Waals surface area (Å²) in [5.74, 6) is 0.533. The molecule has 0 radical (unpaired) electrons. The Bertz CT molecular complexity index is 869. The molecular weight excluding hydrogens is 352 g/mol. The summed E-state index contributed by atoms with van der Waals surface area (Å²) in [6.07, 6.45) is 0. The van der Waals surface area contributed by atoms with Gasteiger partial charge in [0.2, 0.25) is 0 Å². The highest BCUT2D eigenvalue weighted by molar-refractivity contribution is 6.31. The number of non-ortho nitro benzene ring substituents is 1.